The Kier molecular flexibility index (Phi) is 6.95. The number of rotatable bonds is 7. The Morgan fingerprint density at radius 1 is 1.15 bits per heavy atom. The number of hydrogen-bond donors (Lipinski definition) is 2. The van der Waals surface area contributed by atoms with Gasteiger partial charge in [0.05, 0.1) is 15.6 Å². The molecule has 2 aromatic heterocycles. The summed E-state index contributed by atoms with van der Waals surface area (Å²) in [5.74, 6) is 0.132. The first-order chi connectivity index (χ1) is 16.4. The van der Waals surface area contributed by atoms with E-state index >= 15 is 0 Å². The monoisotopic (exact) mass is 493 g/mol. The lowest BCUT2D eigenvalue weighted by Gasteiger charge is -2.14. The first-order valence-corrected chi connectivity index (χ1v) is 11.2. The van der Waals surface area contributed by atoms with Gasteiger partial charge >= 0.3 is 0 Å². The van der Waals surface area contributed by atoms with Crippen molar-refractivity contribution in [2.75, 3.05) is 17.7 Å². The maximum absolute atomic E-state index is 13.6. The summed E-state index contributed by atoms with van der Waals surface area (Å²) < 4.78 is 1.61. The Hall–Kier alpha value is -3.68. The van der Waals surface area contributed by atoms with Crippen LogP contribution in [0.3, 0.4) is 0 Å². The number of benzene rings is 2. The van der Waals surface area contributed by atoms with E-state index in [1.807, 2.05) is 12.1 Å². The molecule has 7 nitrogen and oxygen atoms in total. The zero-order valence-electron chi connectivity index (χ0n) is 18.3. The summed E-state index contributed by atoms with van der Waals surface area (Å²) in [7, 11) is 1.72. The molecule has 0 fully saturated rings. The van der Waals surface area contributed by atoms with E-state index in [0.29, 0.717) is 56.8 Å². The number of carbonyl (C=O) groups excluding carboxylic acids is 1. The maximum atomic E-state index is 13.6. The molecule has 0 bridgehead atoms. The fraction of sp³-hybridized carbons (Fsp3) is 0.120. The van der Waals surface area contributed by atoms with Crippen molar-refractivity contribution in [3.63, 3.8) is 0 Å². The number of anilines is 2. The third-order valence-corrected chi connectivity index (χ3v) is 5.94. The normalized spacial score (nSPS) is 10.8. The van der Waals surface area contributed by atoms with E-state index in [9.17, 15) is 9.59 Å². The van der Waals surface area contributed by atoms with Gasteiger partial charge in [-0.05, 0) is 48.4 Å². The van der Waals surface area contributed by atoms with Crippen LogP contribution in [0.2, 0.25) is 10.0 Å². The minimum atomic E-state index is -0.277. The summed E-state index contributed by atoms with van der Waals surface area (Å²) in [6.45, 7) is 3.81. The number of amides is 1. The summed E-state index contributed by atoms with van der Waals surface area (Å²) in [6.07, 6.45) is 3.43. The molecule has 172 valence electrons. The molecule has 2 heterocycles. The van der Waals surface area contributed by atoms with Crippen molar-refractivity contribution in [3.05, 3.63) is 93.3 Å². The van der Waals surface area contributed by atoms with Gasteiger partial charge in [-0.2, -0.15) is 4.98 Å². The first-order valence-electron chi connectivity index (χ1n) is 10.5. The quantitative estimate of drug-likeness (QED) is 0.346. The van der Waals surface area contributed by atoms with Crippen LogP contribution >= 0.6 is 23.2 Å². The van der Waals surface area contributed by atoms with Crippen molar-refractivity contribution < 1.29 is 4.79 Å². The van der Waals surface area contributed by atoms with Crippen molar-refractivity contribution in [3.8, 4) is 11.1 Å². The molecule has 2 N–H and O–H groups in total. The van der Waals surface area contributed by atoms with Gasteiger partial charge in [0.2, 0.25) is 11.9 Å². The number of halogens is 2. The molecule has 0 aliphatic carbocycles. The number of hydrogen-bond acceptors (Lipinski definition) is 5. The van der Waals surface area contributed by atoms with Gasteiger partial charge in [0.15, 0.2) is 0 Å². The molecule has 9 heteroatoms. The smallest absolute Gasteiger partial charge is 0.260 e. The number of nitrogens with one attached hydrogen (secondary N) is 2. The van der Waals surface area contributed by atoms with Gasteiger partial charge in [0.25, 0.3) is 5.56 Å². The minimum absolute atomic E-state index is 0.252. The molecule has 0 aliphatic rings. The highest BCUT2D eigenvalue weighted by Gasteiger charge is 2.17. The van der Waals surface area contributed by atoms with Crippen LogP contribution in [0.5, 0.6) is 0 Å². The van der Waals surface area contributed by atoms with E-state index in [1.54, 1.807) is 54.2 Å². The molecule has 0 aliphatic heterocycles. The lowest BCUT2D eigenvalue weighted by atomic mass is 10.1. The highest BCUT2D eigenvalue weighted by molar-refractivity contribution is 6.39. The number of nitrogens with zero attached hydrogens (tertiary/aromatic N) is 3. The number of fused-ring (bicyclic) bond motifs is 1. The lowest BCUT2D eigenvalue weighted by molar-refractivity contribution is -0.111. The van der Waals surface area contributed by atoms with Gasteiger partial charge < -0.3 is 10.6 Å². The van der Waals surface area contributed by atoms with E-state index in [1.165, 1.54) is 6.08 Å². The van der Waals surface area contributed by atoms with Crippen LogP contribution in [0.25, 0.3) is 22.2 Å². The van der Waals surface area contributed by atoms with Gasteiger partial charge in [-0.3, -0.25) is 14.2 Å². The zero-order chi connectivity index (χ0) is 24.2. The fourth-order valence-electron chi connectivity index (χ4n) is 3.61. The molecule has 0 saturated heterocycles. The van der Waals surface area contributed by atoms with Crippen LogP contribution < -0.4 is 16.2 Å². The molecule has 2 aromatic carbocycles. The summed E-state index contributed by atoms with van der Waals surface area (Å²) in [5, 5.41) is 7.09. The highest BCUT2D eigenvalue weighted by Crippen LogP contribution is 2.33. The van der Waals surface area contributed by atoms with Gasteiger partial charge in [-0.25, -0.2) is 4.98 Å². The lowest BCUT2D eigenvalue weighted by Crippen LogP contribution is -2.24. The van der Waals surface area contributed by atoms with Crippen LogP contribution in [-0.4, -0.2) is 27.5 Å². The molecule has 0 saturated carbocycles. The molecule has 4 rings (SSSR count). The standard InChI is InChI=1S/C25H21Cl2N5O2/c1-3-21(33)30-17-9-7-15(8-10-17)11-12-32-23-16(14-29-25(28-2)31-23)13-18(24(32)34)22-19(26)5-4-6-20(22)27/h3-10,13-14H,1,11-12H2,2H3,(H,30,33)(H,28,29,31). The van der Waals surface area contributed by atoms with Crippen molar-refractivity contribution in [1.29, 1.82) is 0 Å². The number of carbonyl (C=O) groups is 1. The predicted molar refractivity (Wildman–Crippen MR) is 138 cm³/mol. The van der Waals surface area contributed by atoms with Gasteiger partial charge in [0, 0.05) is 36.4 Å². The summed E-state index contributed by atoms with van der Waals surface area (Å²) in [4.78, 5) is 33.9. The molecule has 0 unspecified atom stereocenters. The van der Waals surface area contributed by atoms with Crippen molar-refractivity contribution in [1.82, 2.24) is 14.5 Å². The zero-order valence-corrected chi connectivity index (χ0v) is 19.8. The second-order valence-electron chi connectivity index (χ2n) is 7.47. The summed E-state index contributed by atoms with van der Waals surface area (Å²) >= 11 is 12.8. The Balaban J connectivity index is 1.76. The van der Waals surface area contributed by atoms with Crippen LogP contribution in [0.4, 0.5) is 11.6 Å². The number of aryl methyl sites for hydroxylation is 2. The Morgan fingerprint density at radius 3 is 2.50 bits per heavy atom. The largest absolute Gasteiger partial charge is 0.357 e. The van der Waals surface area contributed by atoms with E-state index in [4.69, 9.17) is 23.2 Å². The number of aromatic nitrogens is 3. The molecule has 0 spiro atoms. The Labute approximate surface area is 206 Å². The van der Waals surface area contributed by atoms with Crippen LogP contribution in [0.15, 0.2) is 72.2 Å². The molecule has 1 amide bonds. The van der Waals surface area contributed by atoms with Crippen molar-refractivity contribution >= 4 is 51.8 Å². The van der Waals surface area contributed by atoms with Crippen LogP contribution in [0, 0.1) is 0 Å². The summed E-state index contributed by atoms with van der Waals surface area (Å²) in [5.41, 5.74) is 2.76. The van der Waals surface area contributed by atoms with E-state index < -0.39 is 0 Å². The Bertz CT molecular complexity index is 1430. The molecule has 34 heavy (non-hydrogen) atoms. The molecular weight excluding hydrogens is 473 g/mol. The average Bonchev–Trinajstić information content (AvgIpc) is 2.84. The van der Waals surface area contributed by atoms with Crippen molar-refractivity contribution in [2.24, 2.45) is 0 Å². The van der Waals surface area contributed by atoms with E-state index in [-0.39, 0.29) is 11.5 Å². The van der Waals surface area contributed by atoms with E-state index in [0.717, 1.165) is 5.56 Å². The maximum Gasteiger partial charge on any atom is 0.260 e. The van der Waals surface area contributed by atoms with Crippen molar-refractivity contribution in [2.45, 2.75) is 13.0 Å². The third kappa shape index (κ3) is 4.81. The minimum Gasteiger partial charge on any atom is -0.357 e. The van der Waals surface area contributed by atoms with Crippen LogP contribution in [-0.2, 0) is 17.8 Å². The van der Waals surface area contributed by atoms with Gasteiger partial charge in [0.1, 0.15) is 5.65 Å². The third-order valence-electron chi connectivity index (χ3n) is 5.31. The van der Waals surface area contributed by atoms with Crippen LogP contribution in [0.1, 0.15) is 5.56 Å². The van der Waals surface area contributed by atoms with Gasteiger partial charge in [-0.1, -0.05) is 48.0 Å². The summed E-state index contributed by atoms with van der Waals surface area (Å²) in [6, 6.07) is 14.3. The average molecular weight is 494 g/mol. The number of pyridine rings is 1. The molecule has 0 radical (unpaired) electrons. The first kappa shape index (κ1) is 23.5. The highest BCUT2D eigenvalue weighted by atomic mass is 35.5. The second-order valence-corrected chi connectivity index (χ2v) is 8.29. The predicted octanol–water partition coefficient (Wildman–Crippen LogP) is 5.17. The molecular formula is C25H21Cl2N5O2. The van der Waals surface area contributed by atoms with E-state index in [2.05, 4.69) is 27.2 Å². The fourth-order valence-corrected chi connectivity index (χ4v) is 4.21. The SMILES string of the molecule is C=CC(=O)Nc1ccc(CCn2c(=O)c(-c3c(Cl)cccc3Cl)cc3cnc(NC)nc32)cc1. The Morgan fingerprint density at radius 2 is 1.85 bits per heavy atom. The topological polar surface area (TPSA) is 88.9 Å². The molecule has 0 atom stereocenters. The second kappa shape index (κ2) is 10.1. The van der Waals surface area contributed by atoms with Gasteiger partial charge in [-0.15, -0.1) is 0 Å². The molecule has 4 aromatic rings.